The maximum atomic E-state index is 13.5. The first-order valence-corrected chi connectivity index (χ1v) is 11.0. The van der Waals surface area contributed by atoms with Crippen molar-refractivity contribution in [2.75, 3.05) is 19.0 Å². The van der Waals surface area contributed by atoms with Crippen LogP contribution < -0.4 is 10.1 Å². The Kier molecular flexibility index (Phi) is 5.27. The van der Waals surface area contributed by atoms with Gasteiger partial charge in [0.2, 0.25) is 0 Å². The maximum Gasteiger partial charge on any atom is 0.322 e. The van der Waals surface area contributed by atoms with Gasteiger partial charge in [0.15, 0.2) is 0 Å². The van der Waals surface area contributed by atoms with Crippen LogP contribution in [-0.4, -0.2) is 29.6 Å². The van der Waals surface area contributed by atoms with Crippen molar-refractivity contribution in [1.82, 2.24) is 9.88 Å². The molecule has 1 aromatic heterocycles. The lowest BCUT2D eigenvalue weighted by molar-refractivity contribution is 0.193. The summed E-state index contributed by atoms with van der Waals surface area (Å²) in [5.74, 6) is 0.784. The van der Waals surface area contributed by atoms with Crippen LogP contribution in [0.5, 0.6) is 5.75 Å². The second-order valence-corrected chi connectivity index (χ2v) is 8.51. The van der Waals surface area contributed by atoms with Crippen molar-refractivity contribution < 1.29 is 9.53 Å². The molecule has 0 bridgehead atoms. The Labute approximate surface area is 192 Å². The number of H-pyrrole nitrogens is 1. The lowest BCUT2D eigenvalue weighted by Crippen LogP contribution is -2.43. The van der Waals surface area contributed by atoms with E-state index in [4.69, 9.17) is 16.3 Å². The number of nitrogens with one attached hydrogen (secondary N) is 2. The van der Waals surface area contributed by atoms with E-state index < -0.39 is 0 Å². The minimum atomic E-state index is -0.239. The number of aromatic amines is 1. The van der Waals surface area contributed by atoms with Crippen molar-refractivity contribution in [2.24, 2.45) is 0 Å². The Morgan fingerprint density at radius 1 is 1.12 bits per heavy atom. The number of amides is 2. The minimum absolute atomic E-state index is 0.152. The summed E-state index contributed by atoms with van der Waals surface area (Å²) in [6, 6.07) is 21.3. The number of hydrogen-bond donors (Lipinski definition) is 2. The smallest absolute Gasteiger partial charge is 0.322 e. The number of fused-ring (bicyclic) bond motifs is 3. The van der Waals surface area contributed by atoms with Crippen molar-refractivity contribution in [3.63, 3.8) is 0 Å². The molecule has 5 rings (SSSR count). The summed E-state index contributed by atoms with van der Waals surface area (Å²) in [6.07, 6.45) is 0.786. The van der Waals surface area contributed by atoms with Gasteiger partial charge in [0.05, 0.1) is 13.2 Å². The molecule has 4 aromatic rings. The maximum absolute atomic E-state index is 13.5. The van der Waals surface area contributed by atoms with Crippen LogP contribution in [-0.2, 0) is 6.42 Å². The summed E-state index contributed by atoms with van der Waals surface area (Å²) >= 11 is 6.17. The molecule has 0 spiro atoms. The minimum Gasteiger partial charge on any atom is -0.497 e. The van der Waals surface area contributed by atoms with Crippen molar-refractivity contribution in [1.29, 1.82) is 0 Å². The summed E-state index contributed by atoms with van der Waals surface area (Å²) in [5, 5.41) is 4.88. The van der Waals surface area contributed by atoms with Crippen molar-refractivity contribution in [3.05, 3.63) is 94.1 Å². The molecule has 6 heteroatoms. The molecule has 0 saturated heterocycles. The van der Waals surface area contributed by atoms with Crippen LogP contribution in [0.15, 0.2) is 66.7 Å². The Hall–Kier alpha value is -3.44. The average Bonchev–Trinajstić information content (AvgIpc) is 3.19. The van der Waals surface area contributed by atoms with Crippen LogP contribution in [0.2, 0.25) is 5.02 Å². The summed E-state index contributed by atoms with van der Waals surface area (Å²) in [6.45, 7) is 2.57. The predicted molar refractivity (Wildman–Crippen MR) is 129 cm³/mol. The number of methoxy groups -OCH3 is 1. The van der Waals surface area contributed by atoms with Crippen LogP contribution in [0, 0.1) is 6.92 Å². The normalized spacial score (nSPS) is 15.5. The number of hydrogen-bond acceptors (Lipinski definition) is 2. The zero-order chi connectivity index (χ0) is 22.2. The molecule has 1 atom stereocenters. The number of carbonyl (C=O) groups is 1. The summed E-state index contributed by atoms with van der Waals surface area (Å²) in [7, 11) is 1.65. The predicted octanol–water partition coefficient (Wildman–Crippen LogP) is 6.32. The van der Waals surface area contributed by atoms with Crippen molar-refractivity contribution in [2.45, 2.75) is 19.4 Å². The number of aryl methyl sites for hydroxylation is 1. The first kappa shape index (κ1) is 20.5. The number of carbonyl (C=O) groups excluding carboxylic acids is 1. The number of rotatable bonds is 3. The van der Waals surface area contributed by atoms with Gasteiger partial charge in [-0.3, -0.25) is 0 Å². The molecular formula is C26H24ClN3O2. The third-order valence-corrected chi connectivity index (χ3v) is 6.40. The van der Waals surface area contributed by atoms with Gasteiger partial charge in [-0.25, -0.2) is 4.79 Å². The van der Waals surface area contributed by atoms with Gasteiger partial charge in [-0.2, -0.15) is 0 Å². The third kappa shape index (κ3) is 3.59. The topological polar surface area (TPSA) is 57.4 Å². The lowest BCUT2D eigenvalue weighted by Gasteiger charge is -2.36. The SMILES string of the molecule is COc1ccc(C2c3[nH]c4ccccc4c3CCN2C(=O)Nc2cc(Cl)ccc2C)cc1. The number of benzene rings is 3. The number of para-hydroxylation sites is 1. The molecule has 2 N–H and O–H groups in total. The molecule has 0 saturated carbocycles. The zero-order valence-corrected chi connectivity index (χ0v) is 18.7. The van der Waals surface area contributed by atoms with Crippen LogP contribution in [0.3, 0.4) is 0 Å². The lowest BCUT2D eigenvalue weighted by atomic mass is 9.92. The number of anilines is 1. The highest BCUT2D eigenvalue weighted by atomic mass is 35.5. The first-order chi connectivity index (χ1) is 15.5. The number of urea groups is 1. The number of ether oxygens (including phenoxy) is 1. The highest BCUT2D eigenvalue weighted by Crippen LogP contribution is 2.39. The molecule has 0 aliphatic carbocycles. The fourth-order valence-corrected chi connectivity index (χ4v) is 4.68. The molecule has 2 heterocycles. The molecule has 3 aromatic carbocycles. The summed E-state index contributed by atoms with van der Waals surface area (Å²) in [4.78, 5) is 19.0. The molecule has 5 nitrogen and oxygen atoms in total. The van der Waals surface area contributed by atoms with Gasteiger partial charge >= 0.3 is 6.03 Å². The molecular weight excluding hydrogens is 422 g/mol. The Morgan fingerprint density at radius 2 is 1.91 bits per heavy atom. The Morgan fingerprint density at radius 3 is 2.69 bits per heavy atom. The Balaban J connectivity index is 1.57. The van der Waals surface area contributed by atoms with E-state index in [1.807, 2.05) is 54.3 Å². The molecule has 32 heavy (non-hydrogen) atoms. The van der Waals surface area contributed by atoms with Gasteiger partial charge in [-0.1, -0.05) is 48.0 Å². The second-order valence-electron chi connectivity index (χ2n) is 8.07. The Bertz CT molecular complexity index is 1300. The van der Waals surface area contributed by atoms with E-state index in [1.54, 1.807) is 13.2 Å². The molecule has 1 aliphatic heterocycles. The molecule has 0 radical (unpaired) electrons. The van der Waals surface area contributed by atoms with Gasteiger partial charge in [0, 0.05) is 33.9 Å². The van der Waals surface area contributed by atoms with Crippen LogP contribution >= 0.6 is 11.6 Å². The van der Waals surface area contributed by atoms with E-state index in [2.05, 4.69) is 28.5 Å². The molecule has 0 fully saturated rings. The summed E-state index contributed by atoms with van der Waals surface area (Å²) in [5.41, 5.74) is 6.12. The van der Waals surface area contributed by atoms with E-state index in [9.17, 15) is 4.79 Å². The van der Waals surface area contributed by atoms with Crippen molar-refractivity contribution in [3.8, 4) is 5.75 Å². The standard InChI is InChI=1S/C26H24ClN3O2/c1-16-7-10-18(27)15-23(16)29-26(31)30-14-13-21-20-5-3-4-6-22(20)28-24(21)25(30)17-8-11-19(32-2)12-9-17/h3-12,15,25,28H,13-14H2,1-2H3,(H,29,31). The fourth-order valence-electron chi connectivity index (χ4n) is 4.51. The van der Waals surface area contributed by atoms with Crippen LogP contribution in [0.1, 0.15) is 28.4 Å². The van der Waals surface area contributed by atoms with E-state index in [1.165, 1.54) is 10.9 Å². The molecule has 1 aliphatic rings. The van der Waals surface area contributed by atoms with Gasteiger partial charge < -0.3 is 19.9 Å². The molecule has 1 unspecified atom stereocenters. The zero-order valence-electron chi connectivity index (χ0n) is 18.0. The molecule has 162 valence electrons. The van der Waals surface area contributed by atoms with Gasteiger partial charge in [-0.15, -0.1) is 0 Å². The van der Waals surface area contributed by atoms with E-state index in [0.29, 0.717) is 11.6 Å². The monoisotopic (exact) mass is 445 g/mol. The summed E-state index contributed by atoms with van der Waals surface area (Å²) < 4.78 is 5.34. The van der Waals surface area contributed by atoms with Gasteiger partial charge in [-0.05, 0) is 60.4 Å². The van der Waals surface area contributed by atoms with Gasteiger partial charge in [0.1, 0.15) is 5.75 Å². The molecule has 2 amide bonds. The highest BCUT2D eigenvalue weighted by molar-refractivity contribution is 6.31. The number of halogens is 1. The number of aromatic nitrogens is 1. The fraction of sp³-hybridized carbons (Fsp3) is 0.192. The largest absolute Gasteiger partial charge is 0.497 e. The van der Waals surface area contributed by atoms with Crippen LogP contribution in [0.25, 0.3) is 10.9 Å². The van der Waals surface area contributed by atoms with Crippen LogP contribution in [0.4, 0.5) is 10.5 Å². The van der Waals surface area contributed by atoms with Gasteiger partial charge in [0.25, 0.3) is 0 Å². The third-order valence-electron chi connectivity index (χ3n) is 6.17. The van der Waals surface area contributed by atoms with Crippen molar-refractivity contribution >= 4 is 34.2 Å². The second kappa shape index (κ2) is 8.24. The number of nitrogens with zero attached hydrogens (tertiary/aromatic N) is 1. The van der Waals surface area contributed by atoms with E-state index >= 15 is 0 Å². The van der Waals surface area contributed by atoms with E-state index in [-0.39, 0.29) is 12.1 Å². The quantitative estimate of drug-likeness (QED) is 0.387. The highest BCUT2D eigenvalue weighted by Gasteiger charge is 2.34. The van der Waals surface area contributed by atoms with E-state index in [0.717, 1.165) is 40.2 Å². The average molecular weight is 446 g/mol. The first-order valence-electron chi connectivity index (χ1n) is 10.6.